The molecule has 0 spiro atoms. The number of hydrogen-bond acceptors (Lipinski definition) is 2. The van der Waals surface area contributed by atoms with Gasteiger partial charge in [-0.1, -0.05) is 12.1 Å². The number of rotatable bonds is 5. The van der Waals surface area contributed by atoms with E-state index in [1.54, 1.807) is 6.92 Å². The molecule has 0 fully saturated rings. The van der Waals surface area contributed by atoms with Gasteiger partial charge in [0.05, 0.1) is 18.2 Å². The fourth-order valence-electron chi connectivity index (χ4n) is 2.32. The maximum Gasteiger partial charge on any atom is 0.416 e. The first-order chi connectivity index (χ1) is 12.1. The van der Waals surface area contributed by atoms with Crippen LogP contribution in [0, 0.1) is 11.6 Å². The average Bonchev–Trinajstić information content (AvgIpc) is 2.60. The molecular weight excluding hydrogens is 355 g/mol. The van der Waals surface area contributed by atoms with E-state index >= 15 is 0 Å². The first kappa shape index (κ1) is 19.7. The van der Waals surface area contributed by atoms with Crippen molar-refractivity contribution < 1.29 is 26.7 Å². The van der Waals surface area contributed by atoms with E-state index in [4.69, 9.17) is 0 Å². The summed E-state index contributed by atoms with van der Waals surface area (Å²) in [4.78, 5) is 13.5. The van der Waals surface area contributed by atoms with E-state index in [1.807, 2.05) is 0 Å². The summed E-state index contributed by atoms with van der Waals surface area (Å²) >= 11 is 0. The van der Waals surface area contributed by atoms with Crippen LogP contribution < -0.4 is 5.32 Å². The summed E-state index contributed by atoms with van der Waals surface area (Å²) in [5.74, 6) is -2.42. The van der Waals surface area contributed by atoms with Crippen molar-refractivity contribution in [2.24, 2.45) is 0 Å². The van der Waals surface area contributed by atoms with Gasteiger partial charge in [0.1, 0.15) is 0 Å². The molecule has 1 atom stereocenters. The molecule has 0 heterocycles. The summed E-state index contributed by atoms with van der Waals surface area (Å²) in [6, 6.07) is 7.30. The third kappa shape index (κ3) is 4.71. The number of hydrogen-bond donors (Lipinski definition) is 1. The Morgan fingerprint density at radius 3 is 2.42 bits per heavy atom. The zero-order valence-electron chi connectivity index (χ0n) is 14.1. The van der Waals surface area contributed by atoms with E-state index in [1.165, 1.54) is 30.1 Å². The number of anilines is 1. The first-order valence-electron chi connectivity index (χ1n) is 7.71. The number of halogens is 5. The Kier molecular flexibility index (Phi) is 5.84. The molecule has 1 N–H and O–H groups in total. The summed E-state index contributed by atoms with van der Waals surface area (Å²) < 4.78 is 64.4. The molecule has 0 aliphatic rings. The van der Waals surface area contributed by atoms with Gasteiger partial charge in [0.15, 0.2) is 11.6 Å². The SMILES string of the molecule is CC(c1ccc(F)c(F)c1)N(C)C(=O)CNc1cccc(C(F)(F)F)c1. The summed E-state index contributed by atoms with van der Waals surface area (Å²) in [6.45, 7) is 1.39. The van der Waals surface area contributed by atoms with Crippen molar-refractivity contribution in [3.05, 3.63) is 65.2 Å². The van der Waals surface area contributed by atoms with E-state index < -0.39 is 35.3 Å². The zero-order chi connectivity index (χ0) is 19.5. The molecule has 1 unspecified atom stereocenters. The number of likely N-dealkylation sites (N-methyl/N-ethyl adjacent to an activating group) is 1. The topological polar surface area (TPSA) is 32.3 Å². The fourth-order valence-corrected chi connectivity index (χ4v) is 2.32. The highest BCUT2D eigenvalue weighted by Crippen LogP contribution is 2.30. The lowest BCUT2D eigenvalue weighted by Gasteiger charge is -2.26. The minimum Gasteiger partial charge on any atom is -0.376 e. The number of nitrogens with one attached hydrogen (secondary N) is 1. The van der Waals surface area contributed by atoms with Gasteiger partial charge in [-0.2, -0.15) is 13.2 Å². The monoisotopic (exact) mass is 372 g/mol. The largest absolute Gasteiger partial charge is 0.416 e. The Bertz CT molecular complexity index is 791. The second-order valence-corrected chi connectivity index (χ2v) is 5.79. The number of nitrogens with zero attached hydrogens (tertiary/aromatic N) is 1. The van der Waals surface area contributed by atoms with Gasteiger partial charge >= 0.3 is 6.18 Å². The lowest BCUT2D eigenvalue weighted by molar-refractivity contribution is -0.137. The highest BCUT2D eigenvalue weighted by Gasteiger charge is 2.30. The van der Waals surface area contributed by atoms with Gasteiger partial charge in [-0.05, 0) is 42.8 Å². The van der Waals surface area contributed by atoms with Crippen molar-refractivity contribution in [2.75, 3.05) is 18.9 Å². The quantitative estimate of drug-likeness (QED) is 0.777. The van der Waals surface area contributed by atoms with Crippen LogP contribution in [0.3, 0.4) is 0 Å². The lowest BCUT2D eigenvalue weighted by atomic mass is 10.1. The molecule has 1 amide bonds. The van der Waals surface area contributed by atoms with Gasteiger partial charge in [0, 0.05) is 12.7 Å². The lowest BCUT2D eigenvalue weighted by Crippen LogP contribution is -2.34. The predicted octanol–water partition coefficient (Wildman–Crippen LogP) is 4.62. The van der Waals surface area contributed by atoms with Gasteiger partial charge in [-0.15, -0.1) is 0 Å². The number of benzene rings is 2. The second-order valence-electron chi connectivity index (χ2n) is 5.79. The van der Waals surface area contributed by atoms with Crippen molar-refractivity contribution in [1.82, 2.24) is 4.90 Å². The predicted molar refractivity (Wildman–Crippen MR) is 87.5 cm³/mol. The summed E-state index contributed by atoms with van der Waals surface area (Å²) in [6.07, 6.45) is -4.47. The molecule has 0 saturated heterocycles. The normalized spacial score (nSPS) is 12.6. The van der Waals surface area contributed by atoms with Crippen LogP contribution in [-0.4, -0.2) is 24.4 Å². The molecular formula is C18H17F5N2O. The van der Waals surface area contributed by atoms with Gasteiger partial charge < -0.3 is 10.2 Å². The third-order valence-electron chi connectivity index (χ3n) is 4.03. The van der Waals surface area contributed by atoms with Crippen LogP contribution in [0.25, 0.3) is 0 Å². The molecule has 26 heavy (non-hydrogen) atoms. The van der Waals surface area contributed by atoms with E-state index in [0.29, 0.717) is 5.56 Å². The zero-order valence-corrected chi connectivity index (χ0v) is 14.1. The summed E-state index contributed by atoms with van der Waals surface area (Å²) in [5, 5.41) is 2.64. The van der Waals surface area contributed by atoms with Crippen molar-refractivity contribution in [1.29, 1.82) is 0 Å². The van der Waals surface area contributed by atoms with Crippen LogP contribution >= 0.6 is 0 Å². The molecule has 0 bridgehead atoms. The fraction of sp³-hybridized carbons (Fsp3) is 0.278. The number of carbonyl (C=O) groups excluding carboxylic acids is 1. The first-order valence-corrected chi connectivity index (χ1v) is 7.71. The van der Waals surface area contributed by atoms with Crippen LogP contribution in [-0.2, 0) is 11.0 Å². The van der Waals surface area contributed by atoms with Crippen molar-refractivity contribution in [2.45, 2.75) is 19.1 Å². The van der Waals surface area contributed by atoms with Crippen LogP contribution in [0.4, 0.5) is 27.6 Å². The molecule has 8 heteroatoms. The average molecular weight is 372 g/mol. The molecule has 140 valence electrons. The van der Waals surface area contributed by atoms with Crippen LogP contribution in [0.15, 0.2) is 42.5 Å². The van der Waals surface area contributed by atoms with Gasteiger partial charge in [-0.25, -0.2) is 8.78 Å². The van der Waals surface area contributed by atoms with E-state index in [9.17, 15) is 26.7 Å². The molecule has 0 saturated carbocycles. The van der Waals surface area contributed by atoms with Crippen molar-refractivity contribution >= 4 is 11.6 Å². The standard InChI is InChI=1S/C18H17F5N2O/c1-11(12-6-7-15(19)16(20)8-12)25(2)17(26)10-24-14-5-3-4-13(9-14)18(21,22)23/h3-9,11,24H,10H2,1-2H3. The van der Waals surface area contributed by atoms with Crippen LogP contribution in [0.2, 0.25) is 0 Å². The highest BCUT2D eigenvalue weighted by atomic mass is 19.4. The Morgan fingerprint density at radius 1 is 1.12 bits per heavy atom. The third-order valence-corrected chi connectivity index (χ3v) is 4.03. The molecule has 2 rings (SSSR count). The molecule has 0 aromatic heterocycles. The number of carbonyl (C=O) groups is 1. The summed E-state index contributed by atoms with van der Waals surface area (Å²) in [7, 11) is 1.47. The molecule has 3 nitrogen and oxygen atoms in total. The van der Waals surface area contributed by atoms with Crippen molar-refractivity contribution in [3.8, 4) is 0 Å². The van der Waals surface area contributed by atoms with Gasteiger partial charge in [-0.3, -0.25) is 4.79 Å². The highest BCUT2D eigenvalue weighted by molar-refractivity contribution is 5.81. The minimum atomic E-state index is -4.47. The maximum absolute atomic E-state index is 13.3. The maximum atomic E-state index is 13.3. The Labute approximate surface area is 147 Å². The molecule has 0 aliphatic carbocycles. The van der Waals surface area contributed by atoms with Gasteiger partial charge in [0.2, 0.25) is 5.91 Å². The van der Waals surface area contributed by atoms with E-state index in [2.05, 4.69) is 5.32 Å². The Morgan fingerprint density at radius 2 is 1.81 bits per heavy atom. The van der Waals surface area contributed by atoms with Gasteiger partial charge in [0.25, 0.3) is 0 Å². The van der Waals surface area contributed by atoms with E-state index in [0.717, 1.165) is 24.3 Å². The smallest absolute Gasteiger partial charge is 0.376 e. The molecule has 0 radical (unpaired) electrons. The minimum absolute atomic E-state index is 0.155. The molecule has 0 aliphatic heterocycles. The second kappa shape index (κ2) is 7.72. The van der Waals surface area contributed by atoms with Crippen LogP contribution in [0.1, 0.15) is 24.1 Å². The molecule has 2 aromatic rings. The molecule has 2 aromatic carbocycles. The van der Waals surface area contributed by atoms with Crippen LogP contribution in [0.5, 0.6) is 0 Å². The summed E-state index contributed by atoms with van der Waals surface area (Å²) in [5.41, 5.74) is -0.265. The van der Waals surface area contributed by atoms with Crippen molar-refractivity contribution in [3.63, 3.8) is 0 Å². The Hall–Kier alpha value is -2.64. The number of amides is 1. The Balaban J connectivity index is 2.02. The number of alkyl halides is 3. The van der Waals surface area contributed by atoms with E-state index in [-0.39, 0.29) is 12.2 Å².